The highest BCUT2D eigenvalue weighted by molar-refractivity contribution is 5.98. The van der Waals surface area contributed by atoms with Gasteiger partial charge in [0, 0.05) is 6.42 Å². The Hall–Kier alpha value is -1.06. The van der Waals surface area contributed by atoms with Crippen molar-refractivity contribution in [2.75, 3.05) is 0 Å². The third-order valence-electron chi connectivity index (χ3n) is 1.48. The fourth-order valence-electron chi connectivity index (χ4n) is 0.918. The molecule has 0 aromatic rings. The molecule has 4 heteroatoms. The van der Waals surface area contributed by atoms with Crippen LogP contribution in [0.15, 0.2) is 4.99 Å². The highest BCUT2D eigenvalue weighted by Gasteiger charge is 2.16. The molecule has 0 spiro atoms. The lowest BCUT2D eigenvalue weighted by Gasteiger charge is -2.16. The SMILES string of the molecule is CCC1CC(=O)NC(N)=N1. The summed E-state index contributed by atoms with van der Waals surface area (Å²) >= 11 is 0. The van der Waals surface area contributed by atoms with E-state index in [1.165, 1.54) is 0 Å². The van der Waals surface area contributed by atoms with Gasteiger partial charge in [-0.15, -0.1) is 0 Å². The van der Waals surface area contributed by atoms with Crippen molar-refractivity contribution >= 4 is 11.9 Å². The number of nitrogens with two attached hydrogens (primary N) is 1. The molecule has 0 aromatic heterocycles. The van der Waals surface area contributed by atoms with Gasteiger partial charge in [0.15, 0.2) is 5.96 Å². The minimum absolute atomic E-state index is 0.0284. The van der Waals surface area contributed by atoms with E-state index in [-0.39, 0.29) is 17.9 Å². The summed E-state index contributed by atoms with van der Waals surface area (Å²) < 4.78 is 0. The van der Waals surface area contributed by atoms with E-state index in [0.29, 0.717) is 6.42 Å². The molecular weight excluding hydrogens is 130 g/mol. The Kier molecular flexibility index (Phi) is 1.89. The van der Waals surface area contributed by atoms with Crippen LogP contribution in [0.2, 0.25) is 0 Å². The van der Waals surface area contributed by atoms with Gasteiger partial charge in [-0.1, -0.05) is 6.92 Å². The van der Waals surface area contributed by atoms with Crippen molar-refractivity contribution in [3.8, 4) is 0 Å². The maximum Gasteiger partial charge on any atom is 0.228 e. The van der Waals surface area contributed by atoms with Gasteiger partial charge in [-0.2, -0.15) is 0 Å². The van der Waals surface area contributed by atoms with Crippen LogP contribution in [0.4, 0.5) is 0 Å². The Morgan fingerprint density at radius 1 is 1.90 bits per heavy atom. The Labute approximate surface area is 59.5 Å². The number of nitrogens with zero attached hydrogens (tertiary/aromatic N) is 1. The second-order valence-electron chi connectivity index (χ2n) is 2.33. The number of rotatable bonds is 1. The molecule has 4 nitrogen and oxygen atoms in total. The smallest absolute Gasteiger partial charge is 0.228 e. The van der Waals surface area contributed by atoms with Crippen molar-refractivity contribution in [2.45, 2.75) is 25.8 Å². The number of guanidine groups is 1. The molecule has 1 aliphatic rings. The highest BCUT2D eigenvalue weighted by Crippen LogP contribution is 2.05. The zero-order valence-electron chi connectivity index (χ0n) is 5.92. The van der Waals surface area contributed by atoms with Crippen molar-refractivity contribution in [2.24, 2.45) is 10.7 Å². The van der Waals surface area contributed by atoms with Gasteiger partial charge >= 0.3 is 0 Å². The molecule has 1 unspecified atom stereocenters. The van der Waals surface area contributed by atoms with E-state index < -0.39 is 0 Å². The van der Waals surface area contributed by atoms with Crippen LogP contribution in [0.1, 0.15) is 19.8 Å². The van der Waals surface area contributed by atoms with Crippen LogP contribution < -0.4 is 11.1 Å². The van der Waals surface area contributed by atoms with Gasteiger partial charge in [0.2, 0.25) is 5.91 Å². The largest absolute Gasteiger partial charge is 0.370 e. The van der Waals surface area contributed by atoms with Gasteiger partial charge in [-0.05, 0) is 6.42 Å². The molecular formula is C6H11N3O. The predicted molar refractivity (Wildman–Crippen MR) is 38.5 cm³/mol. The van der Waals surface area contributed by atoms with Gasteiger partial charge < -0.3 is 5.73 Å². The van der Waals surface area contributed by atoms with E-state index in [2.05, 4.69) is 10.3 Å². The van der Waals surface area contributed by atoms with Crippen molar-refractivity contribution in [3.63, 3.8) is 0 Å². The molecule has 1 amide bonds. The molecule has 0 saturated heterocycles. The van der Waals surface area contributed by atoms with Crippen LogP contribution in [0.3, 0.4) is 0 Å². The quantitative estimate of drug-likeness (QED) is 0.521. The first-order valence-corrected chi connectivity index (χ1v) is 3.35. The van der Waals surface area contributed by atoms with E-state index in [1.807, 2.05) is 6.92 Å². The number of amides is 1. The van der Waals surface area contributed by atoms with Crippen molar-refractivity contribution in [1.29, 1.82) is 0 Å². The summed E-state index contributed by atoms with van der Waals surface area (Å²) in [4.78, 5) is 14.8. The molecule has 56 valence electrons. The van der Waals surface area contributed by atoms with E-state index in [9.17, 15) is 4.79 Å². The number of nitrogens with one attached hydrogen (secondary N) is 1. The Morgan fingerprint density at radius 3 is 3.10 bits per heavy atom. The zero-order valence-corrected chi connectivity index (χ0v) is 5.92. The van der Waals surface area contributed by atoms with Crippen LogP contribution >= 0.6 is 0 Å². The van der Waals surface area contributed by atoms with E-state index in [0.717, 1.165) is 6.42 Å². The molecule has 3 N–H and O–H groups in total. The number of carbonyl (C=O) groups excluding carboxylic acids is 1. The maximum absolute atomic E-state index is 10.8. The van der Waals surface area contributed by atoms with Gasteiger partial charge in [-0.25, -0.2) is 4.99 Å². The normalized spacial score (nSPS) is 25.5. The molecule has 0 aliphatic carbocycles. The number of hydrogen-bond acceptors (Lipinski definition) is 3. The molecule has 1 heterocycles. The molecule has 0 bridgehead atoms. The van der Waals surface area contributed by atoms with Gasteiger partial charge in [0.05, 0.1) is 6.04 Å². The fraction of sp³-hybridized carbons (Fsp3) is 0.667. The lowest BCUT2D eigenvalue weighted by atomic mass is 10.1. The number of aliphatic imine (C=N–C) groups is 1. The van der Waals surface area contributed by atoms with Crippen LogP contribution in [0.5, 0.6) is 0 Å². The lowest BCUT2D eigenvalue weighted by molar-refractivity contribution is -0.120. The van der Waals surface area contributed by atoms with Gasteiger partial charge in [0.1, 0.15) is 0 Å². The molecule has 1 atom stereocenters. The predicted octanol–water partition coefficient (Wildman–Crippen LogP) is -0.400. The first kappa shape index (κ1) is 7.05. The lowest BCUT2D eigenvalue weighted by Crippen LogP contribution is -2.43. The topological polar surface area (TPSA) is 67.5 Å². The zero-order chi connectivity index (χ0) is 7.56. The Bertz CT molecular complexity index is 176. The van der Waals surface area contributed by atoms with Gasteiger partial charge in [-0.3, -0.25) is 10.1 Å². The van der Waals surface area contributed by atoms with E-state index >= 15 is 0 Å². The first-order chi connectivity index (χ1) is 4.72. The summed E-state index contributed by atoms with van der Waals surface area (Å²) in [5.41, 5.74) is 5.31. The monoisotopic (exact) mass is 141 g/mol. The third-order valence-corrected chi connectivity index (χ3v) is 1.48. The molecule has 0 saturated carbocycles. The highest BCUT2D eigenvalue weighted by atomic mass is 16.1. The van der Waals surface area contributed by atoms with Crippen LogP contribution in [0, 0.1) is 0 Å². The summed E-state index contributed by atoms with van der Waals surface area (Å²) in [6.07, 6.45) is 1.34. The van der Waals surface area contributed by atoms with Crippen LogP contribution in [-0.4, -0.2) is 17.9 Å². The van der Waals surface area contributed by atoms with Crippen molar-refractivity contribution in [3.05, 3.63) is 0 Å². The maximum atomic E-state index is 10.8. The molecule has 0 radical (unpaired) electrons. The summed E-state index contributed by atoms with van der Waals surface area (Å²) in [6.45, 7) is 1.99. The minimum atomic E-state index is -0.0284. The fourth-order valence-corrected chi connectivity index (χ4v) is 0.918. The average molecular weight is 141 g/mol. The molecule has 1 rings (SSSR count). The van der Waals surface area contributed by atoms with Crippen molar-refractivity contribution < 1.29 is 4.79 Å². The van der Waals surface area contributed by atoms with E-state index in [1.54, 1.807) is 0 Å². The minimum Gasteiger partial charge on any atom is -0.370 e. The van der Waals surface area contributed by atoms with Crippen LogP contribution in [-0.2, 0) is 4.79 Å². The van der Waals surface area contributed by atoms with Gasteiger partial charge in [0.25, 0.3) is 0 Å². The van der Waals surface area contributed by atoms with Crippen molar-refractivity contribution in [1.82, 2.24) is 5.32 Å². The molecule has 0 aromatic carbocycles. The van der Waals surface area contributed by atoms with Crippen LogP contribution in [0.25, 0.3) is 0 Å². The summed E-state index contributed by atoms with van der Waals surface area (Å²) in [5, 5.41) is 2.43. The number of carbonyl (C=O) groups is 1. The molecule has 1 aliphatic heterocycles. The average Bonchev–Trinajstić information content (AvgIpc) is 1.85. The standard InChI is InChI=1S/C6H11N3O/c1-2-4-3-5(10)9-6(7)8-4/h4H,2-3H2,1H3,(H3,7,8,9,10). The number of hydrogen-bond donors (Lipinski definition) is 2. The third kappa shape index (κ3) is 1.46. The second-order valence-corrected chi connectivity index (χ2v) is 2.33. The Balaban J connectivity index is 2.63. The first-order valence-electron chi connectivity index (χ1n) is 3.35. The second kappa shape index (κ2) is 2.68. The Morgan fingerprint density at radius 2 is 2.60 bits per heavy atom. The summed E-state index contributed by atoms with van der Waals surface area (Å²) in [7, 11) is 0. The summed E-state index contributed by atoms with van der Waals surface area (Å²) in [6, 6.07) is 0.0914. The molecule has 10 heavy (non-hydrogen) atoms. The van der Waals surface area contributed by atoms with E-state index in [4.69, 9.17) is 5.73 Å². The molecule has 0 fully saturated rings. The summed E-state index contributed by atoms with van der Waals surface area (Å²) in [5.74, 6) is 0.224.